The van der Waals surface area contributed by atoms with Gasteiger partial charge >= 0.3 is 0 Å². The molecule has 0 unspecified atom stereocenters. The van der Waals surface area contributed by atoms with Crippen LogP contribution in [-0.2, 0) is 6.54 Å². The van der Waals surface area contributed by atoms with E-state index in [1.807, 2.05) is 49.4 Å². The van der Waals surface area contributed by atoms with Crippen molar-refractivity contribution in [2.75, 3.05) is 12.4 Å². The fourth-order valence-electron chi connectivity index (χ4n) is 3.03. The van der Waals surface area contributed by atoms with Crippen LogP contribution in [0.2, 0.25) is 0 Å². The largest absolute Gasteiger partial charge is 0.496 e. The minimum Gasteiger partial charge on any atom is -0.496 e. The molecule has 2 aromatic heterocycles. The van der Waals surface area contributed by atoms with Crippen LogP contribution in [-0.4, -0.2) is 27.8 Å². The number of benzene rings is 2. The smallest absolute Gasteiger partial charge is 0.281 e. The van der Waals surface area contributed by atoms with E-state index in [9.17, 15) is 4.79 Å². The van der Waals surface area contributed by atoms with Crippen molar-refractivity contribution in [3.8, 4) is 17.3 Å². The number of aromatic nitrogens is 3. The number of rotatable bonds is 6. The molecule has 29 heavy (non-hydrogen) atoms. The fraction of sp³-hybridized carbons (Fsp3) is 0.136. The molecule has 0 saturated heterocycles. The Kier molecular flexibility index (Phi) is 5.11. The van der Waals surface area contributed by atoms with Crippen LogP contribution in [0.4, 0.5) is 5.95 Å². The molecule has 7 heteroatoms. The minimum atomic E-state index is -0.268. The second-order valence-corrected chi connectivity index (χ2v) is 6.43. The van der Waals surface area contributed by atoms with E-state index in [0.29, 0.717) is 29.6 Å². The molecule has 2 heterocycles. The van der Waals surface area contributed by atoms with E-state index in [0.717, 1.165) is 16.9 Å². The normalized spacial score (nSPS) is 10.7. The van der Waals surface area contributed by atoms with Crippen LogP contribution >= 0.6 is 0 Å². The maximum absolute atomic E-state index is 13.2. The zero-order valence-corrected chi connectivity index (χ0v) is 16.1. The average molecular weight is 388 g/mol. The summed E-state index contributed by atoms with van der Waals surface area (Å²) in [5, 5.41) is 7.60. The molecule has 0 radical (unpaired) electrons. The van der Waals surface area contributed by atoms with Crippen molar-refractivity contribution in [1.82, 2.24) is 14.8 Å². The Labute approximate surface area is 168 Å². The minimum absolute atomic E-state index is 0.268. The third-order valence-corrected chi connectivity index (χ3v) is 4.55. The number of nitrogens with zero attached hydrogens (tertiary/aromatic N) is 3. The fourth-order valence-corrected chi connectivity index (χ4v) is 3.03. The molecule has 0 atom stereocenters. The Hall–Kier alpha value is -3.87. The number of hydrogen-bond acceptors (Lipinski definition) is 6. The molecule has 0 bridgehead atoms. The second kappa shape index (κ2) is 8.02. The molecular formula is C22H20N4O3. The number of aryl methyl sites for hydroxylation is 1. The van der Waals surface area contributed by atoms with E-state index >= 15 is 0 Å². The van der Waals surface area contributed by atoms with Gasteiger partial charge in [0.2, 0.25) is 11.8 Å². The third-order valence-electron chi connectivity index (χ3n) is 4.55. The maximum atomic E-state index is 13.2. The summed E-state index contributed by atoms with van der Waals surface area (Å²) in [6.45, 7) is 2.31. The lowest BCUT2D eigenvalue weighted by Gasteiger charge is -2.11. The molecule has 4 rings (SSSR count). The number of methoxy groups -OCH3 is 1. The van der Waals surface area contributed by atoms with Gasteiger partial charge in [-0.1, -0.05) is 36.4 Å². The predicted molar refractivity (Wildman–Crippen MR) is 109 cm³/mol. The Morgan fingerprint density at radius 1 is 1.10 bits per heavy atom. The molecule has 2 aromatic carbocycles. The van der Waals surface area contributed by atoms with Gasteiger partial charge in [-0.2, -0.15) is 9.67 Å². The molecule has 7 nitrogen and oxygen atoms in total. The molecular weight excluding hydrogens is 368 g/mol. The zero-order valence-electron chi connectivity index (χ0n) is 16.1. The van der Waals surface area contributed by atoms with E-state index in [1.165, 1.54) is 4.68 Å². The quantitative estimate of drug-likeness (QED) is 0.534. The number of furan rings is 1. The van der Waals surface area contributed by atoms with E-state index < -0.39 is 0 Å². The summed E-state index contributed by atoms with van der Waals surface area (Å²) in [6.07, 6.45) is 1.54. The topological polar surface area (TPSA) is 82.2 Å². The standard InChI is InChI=1S/C22H20N4O3/c1-15-8-3-5-10-17(15)21(27)26-22(24-20(25-26)19-12-7-13-29-19)23-14-16-9-4-6-11-18(16)28-2/h3-13H,14H2,1-2H3,(H,23,24,25). The van der Waals surface area contributed by atoms with Crippen molar-refractivity contribution in [2.45, 2.75) is 13.5 Å². The van der Waals surface area contributed by atoms with Gasteiger partial charge in [-0.3, -0.25) is 4.79 Å². The number of anilines is 1. The number of nitrogens with one attached hydrogen (secondary N) is 1. The molecule has 0 saturated carbocycles. The van der Waals surface area contributed by atoms with Gasteiger partial charge in [0.25, 0.3) is 5.91 Å². The molecule has 0 aliphatic carbocycles. The monoisotopic (exact) mass is 388 g/mol. The van der Waals surface area contributed by atoms with Gasteiger partial charge in [0.15, 0.2) is 5.76 Å². The lowest BCUT2D eigenvalue weighted by molar-refractivity contribution is 0.0947. The Balaban J connectivity index is 1.70. The SMILES string of the molecule is COc1ccccc1CNc1nc(-c2ccco2)nn1C(=O)c1ccccc1C. The van der Waals surface area contributed by atoms with Crippen LogP contribution in [0.25, 0.3) is 11.6 Å². The van der Waals surface area contributed by atoms with Crippen molar-refractivity contribution in [3.05, 3.63) is 83.6 Å². The van der Waals surface area contributed by atoms with Gasteiger partial charge in [-0.25, -0.2) is 0 Å². The van der Waals surface area contributed by atoms with E-state index in [1.54, 1.807) is 31.6 Å². The molecule has 0 spiro atoms. The Morgan fingerprint density at radius 3 is 2.66 bits per heavy atom. The summed E-state index contributed by atoms with van der Waals surface area (Å²) in [6, 6.07) is 18.5. The first-order valence-electron chi connectivity index (χ1n) is 9.14. The summed E-state index contributed by atoms with van der Waals surface area (Å²) in [7, 11) is 1.62. The van der Waals surface area contributed by atoms with Gasteiger partial charge in [0.05, 0.1) is 13.4 Å². The third kappa shape index (κ3) is 3.75. The highest BCUT2D eigenvalue weighted by molar-refractivity contribution is 5.98. The number of ether oxygens (including phenoxy) is 1. The van der Waals surface area contributed by atoms with Crippen molar-refractivity contribution in [3.63, 3.8) is 0 Å². The summed E-state index contributed by atoms with van der Waals surface area (Å²) >= 11 is 0. The van der Waals surface area contributed by atoms with Crippen LogP contribution < -0.4 is 10.1 Å². The summed E-state index contributed by atoms with van der Waals surface area (Å²) < 4.78 is 12.1. The molecule has 0 aliphatic heterocycles. The predicted octanol–water partition coefficient (Wildman–Crippen LogP) is 4.16. The summed E-state index contributed by atoms with van der Waals surface area (Å²) in [5.41, 5.74) is 2.36. The Bertz CT molecular complexity index is 1130. The number of carbonyl (C=O) groups is 1. The van der Waals surface area contributed by atoms with E-state index in [4.69, 9.17) is 9.15 Å². The van der Waals surface area contributed by atoms with Crippen LogP contribution in [0.15, 0.2) is 71.3 Å². The van der Waals surface area contributed by atoms with Gasteiger partial charge in [0.1, 0.15) is 5.75 Å². The summed E-state index contributed by atoms with van der Waals surface area (Å²) in [4.78, 5) is 17.7. The number of hydrogen-bond donors (Lipinski definition) is 1. The van der Waals surface area contributed by atoms with Crippen LogP contribution in [0.3, 0.4) is 0 Å². The number of para-hydroxylation sites is 1. The lowest BCUT2D eigenvalue weighted by atomic mass is 10.1. The second-order valence-electron chi connectivity index (χ2n) is 6.43. The average Bonchev–Trinajstić information content (AvgIpc) is 3.42. The lowest BCUT2D eigenvalue weighted by Crippen LogP contribution is -2.18. The van der Waals surface area contributed by atoms with Gasteiger partial charge in [-0.15, -0.1) is 5.10 Å². The van der Waals surface area contributed by atoms with Crippen molar-refractivity contribution in [2.24, 2.45) is 0 Å². The van der Waals surface area contributed by atoms with Crippen LogP contribution in [0.1, 0.15) is 21.5 Å². The summed E-state index contributed by atoms with van der Waals surface area (Å²) in [5.74, 6) is 1.63. The first-order valence-corrected chi connectivity index (χ1v) is 9.14. The first kappa shape index (κ1) is 18.5. The van der Waals surface area contributed by atoms with Crippen LogP contribution in [0, 0.1) is 6.92 Å². The molecule has 0 fully saturated rings. The van der Waals surface area contributed by atoms with Gasteiger partial charge in [-0.05, 0) is 36.8 Å². The highest BCUT2D eigenvalue weighted by Crippen LogP contribution is 2.22. The Morgan fingerprint density at radius 2 is 1.90 bits per heavy atom. The zero-order chi connectivity index (χ0) is 20.2. The maximum Gasteiger partial charge on any atom is 0.281 e. The highest BCUT2D eigenvalue weighted by atomic mass is 16.5. The van der Waals surface area contributed by atoms with Crippen LogP contribution in [0.5, 0.6) is 5.75 Å². The van der Waals surface area contributed by atoms with E-state index in [-0.39, 0.29) is 5.91 Å². The molecule has 1 N–H and O–H groups in total. The van der Waals surface area contributed by atoms with Crippen molar-refractivity contribution >= 4 is 11.9 Å². The molecule has 0 aliphatic rings. The first-order chi connectivity index (χ1) is 14.2. The van der Waals surface area contributed by atoms with Crippen molar-refractivity contribution in [1.29, 1.82) is 0 Å². The number of carbonyl (C=O) groups excluding carboxylic acids is 1. The highest BCUT2D eigenvalue weighted by Gasteiger charge is 2.21. The molecule has 146 valence electrons. The molecule has 4 aromatic rings. The van der Waals surface area contributed by atoms with Gasteiger partial charge in [0, 0.05) is 17.7 Å². The molecule has 0 amide bonds. The van der Waals surface area contributed by atoms with E-state index in [2.05, 4.69) is 15.4 Å². The van der Waals surface area contributed by atoms with Crippen molar-refractivity contribution < 1.29 is 13.9 Å². The van der Waals surface area contributed by atoms with Gasteiger partial charge < -0.3 is 14.5 Å².